The summed E-state index contributed by atoms with van der Waals surface area (Å²) in [7, 11) is 1.64. The lowest BCUT2D eigenvalue weighted by molar-refractivity contribution is -0.137. The largest absolute Gasteiger partial charge is 0.416 e. The summed E-state index contributed by atoms with van der Waals surface area (Å²) in [5, 5.41) is 0. The van der Waals surface area contributed by atoms with Gasteiger partial charge in [-0.05, 0) is 30.5 Å². The van der Waals surface area contributed by atoms with E-state index in [0.29, 0.717) is 19.8 Å². The van der Waals surface area contributed by atoms with Crippen LogP contribution in [0.1, 0.15) is 24.0 Å². The predicted octanol–water partition coefficient (Wildman–Crippen LogP) is 3.65. The highest BCUT2D eigenvalue weighted by atomic mass is 19.4. The van der Waals surface area contributed by atoms with Gasteiger partial charge in [0, 0.05) is 20.3 Å². The van der Waals surface area contributed by atoms with Gasteiger partial charge in [-0.2, -0.15) is 13.2 Å². The molecule has 0 heterocycles. The molecule has 0 saturated heterocycles. The van der Waals surface area contributed by atoms with E-state index in [0.717, 1.165) is 30.5 Å². The zero-order valence-electron chi connectivity index (χ0n) is 10.3. The molecule has 0 saturated carbocycles. The van der Waals surface area contributed by atoms with Crippen LogP contribution in [0.4, 0.5) is 13.2 Å². The van der Waals surface area contributed by atoms with Crippen molar-refractivity contribution >= 4 is 0 Å². The summed E-state index contributed by atoms with van der Waals surface area (Å²) in [6.07, 6.45) is -2.47. The molecule has 2 nitrogen and oxygen atoms in total. The van der Waals surface area contributed by atoms with Gasteiger partial charge in [-0.25, -0.2) is 0 Å². The summed E-state index contributed by atoms with van der Waals surface area (Å²) < 4.78 is 47.1. The summed E-state index contributed by atoms with van der Waals surface area (Å²) in [6, 6.07) is 5.03. The lowest BCUT2D eigenvalue weighted by Gasteiger charge is -2.08. The molecular formula is C13H17F3O2. The van der Waals surface area contributed by atoms with Crippen molar-refractivity contribution < 1.29 is 22.6 Å². The highest BCUT2D eigenvalue weighted by Crippen LogP contribution is 2.29. The highest BCUT2D eigenvalue weighted by Gasteiger charge is 2.29. The first-order valence-corrected chi connectivity index (χ1v) is 5.77. The summed E-state index contributed by atoms with van der Waals surface area (Å²) >= 11 is 0. The molecule has 5 heteroatoms. The maximum atomic E-state index is 12.3. The van der Waals surface area contributed by atoms with Gasteiger partial charge < -0.3 is 9.47 Å². The van der Waals surface area contributed by atoms with Crippen LogP contribution in [0, 0.1) is 0 Å². The molecule has 102 valence electrons. The van der Waals surface area contributed by atoms with Crippen molar-refractivity contribution in [1.82, 2.24) is 0 Å². The van der Waals surface area contributed by atoms with Crippen molar-refractivity contribution in [1.29, 1.82) is 0 Å². The first-order valence-electron chi connectivity index (χ1n) is 5.77. The minimum atomic E-state index is -4.28. The summed E-state index contributed by atoms with van der Waals surface area (Å²) in [4.78, 5) is 0. The molecule has 0 radical (unpaired) electrons. The highest BCUT2D eigenvalue weighted by molar-refractivity contribution is 5.24. The standard InChI is InChI=1S/C13H17F3O2/c1-17-8-2-3-9-18-10-11-4-6-12(7-5-11)13(14,15)16/h4-7H,2-3,8-10H2,1H3. The molecule has 18 heavy (non-hydrogen) atoms. The average molecular weight is 262 g/mol. The molecule has 0 bridgehead atoms. The Kier molecular flexibility index (Phi) is 6.15. The Morgan fingerprint density at radius 1 is 1.00 bits per heavy atom. The minimum Gasteiger partial charge on any atom is -0.385 e. The van der Waals surface area contributed by atoms with Gasteiger partial charge in [-0.3, -0.25) is 0 Å². The summed E-state index contributed by atoms with van der Waals surface area (Å²) in [5.74, 6) is 0. The minimum absolute atomic E-state index is 0.338. The molecule has 0 atom stereocenters. The quantitative estimate of drug-likeness (QED) is 0.698. The van der Waals surface area contributed by atoms with Crippen molar-refractivity contribution in [3.63, 3.8) is 0 Å². The molecule has 0 fully saturated rings. The van der Waals surface area contributed by atoms with E-state index in [4.69, 9.17) is 9.47 Å². The van der Waals surface area contributed by atoms with Crippen LogP contribution in [-0.2, 0) is 22.3 Å². The molecule has 1 aromatic rings. The smallest absolute Gasteiger partial charge is 0.385 e. The third-order valence-corrected chi connectivity index (χ3v) is 2.44. The summed E-state index contributed by atoms with van der Waals surface area (Å²) in [6.45, 7) is 1.62. The van der Waals surface area contributed by atoms with Gasteiger partial charge >= 0.3 is 6.18 Å². The molecule has 0 unspecified atom stereocenters. The maximum Gasteiger partial charge on any atom is 0.416 e. The van der Waals surface area contributed by atoms with Crippen LogP contribution in [0.25, 0.3) is 0 Å². The van der Waals surface area contributed by atoms with Gasteiger partial charge in [0.1, 0.15) is 0 Å². The number of alkyl halides is 3. The lowest BCUT2D eigenvalue weighted by atomic mass is 10.1. The lowest BCUT2D eigenvalue weighted by Crippen LogP contribution is -2.05. The van der Waals surface area contributed by atoms with E-state index in [1.54, 1.807) is 7.11 Å². The first kappa shape index (κ1) is 15.0. The number of unbranched alkanes of at least 4 members (excludes halogenated alkanes) is 1. The maximum absolute atomic E-state index is 12.3. The third-order valence-electron chi connectivity index (χ3n) is 2.44. The fraction of sp³-hybridized carbons (Fsp3) is 0.538. The number of hydrogen-bond acceptors (Lipinski definition) is 2. The van der Waals surface area contributed by atoms with Gasteiger partial charge in [-0.15, -0.1) is 0 Å². The number of benzene rings is 1. The fourth-order valence-electron chi connectivity index (χ4n) is 1.43. The Balaban J connectivity index is 2.27. The normalized spacial score (nSPS) is 11.8. The van der Waals surface area contributed by atoms with E-state index in [-0.39, 0.29) is 0 Å². The first-order chi connectivity index (χ1) is 8.54. The molecule has 0 spiro atoms. The SMILES string of the molecule is COCCCCOCc1ccc(C(F)(F)F)cc1. The van der Waals surface area contributed by atoms with Crippen LogP contribution in [0.2, 0.25) is 0 Å². The van der Waals surface area contributed by atoms with Gasteiger partial charge in [0.2, 0.25) is 0 Å². The number of ether oxygens (including phenoxy) is 2. The Labute approximate surface area is 105 Å². The monoisotopic (exact) mass is 262 g/mol. The number of hydrogen-bond donors (Lipinski definition) is 0. The Bertz CT molecular complexity index is 333. The molecule has 0 aromatic heterocycles. The van der Waals surface area contributed by atoms with Crippen molar-refractivity contribution in [3.8, 4) is 0 Å². The molecule has 0 amide bonds. The molecule has 1 rings (SSSR count). The Morgan fingerprint density at radius 2 is 1.61 bits per heavy atom. The van der Waals surface area contributed by atoms with Crippen LogP contribution < -0.4 is 0 Å². The second kappa shape index (κ2) is 7.38. The number of halogens is 3. The molecule has 0 aliphatic heterocycles. The van der Waals surface area contributed by atoms with E-state index in [2.05, 4.69) is 0 Å². The predicted molar refractivity (Wildman–Crippen MR) is 62.2 cm³/mol. The van der Waals surface area contributed by atoms with Crippen LogP contribution in [0.5, 0.6) is 0 Å². The third kappa shape index (κ3) is 5.51. The topological polar surface area (TPSA) is 18.5 Å². The van der Waals surface area contributed by atoms with Crippen LogP contribution in [0.3, 0.4) is 0 Å². The van der Waals surface area contributed by atoms with Crippen molar-refractivity contribution in [2.75, 3.05) is 20.3 Å². The molecule has 0 aliphatic rings. The van der Waals surface area contributed by atoms with Gasteiger partial charge in [0.15, 0.2) is 0 Å². The summed E-state index contributed by atoms with van der Waals surface area (Å²) in [5.41, 5.74) is 0.112. The average Bonchev–Trinajstić information content (AvgIpc) is 2.33. The fourth-order valence-corrected chi connectivity index (χ4v) is 1.43. The van der Waals surface area contributed by atoms with E-state index < -0.39 is 11.7 Å². The van der Waals surface area contributed by atoms with Gasteiger partial charge in [-0.1, -0.05) is 12.1 Å². The zero-order chi connectivity index (χ0) is 13.4. The second-order valence-electron chi connectivity index (χ2n) is 3.95. The number of methoxy groups -OCH3 is 1. The zero-order valence-corrected chi connectivity index (χ0v) is 10.3. The van der Waals surface area contributed by atoms with Crippen molar-refractivity contribution in [2.45, 2.75) is 25.6 Å². The van der Waals surface area contributed by atoms with Crippen LogP contribution in [-0.4, -0.2) is 20.3 Å². The molecule has 0 aliphatic carbocycles. The van der Waals surface area contributed by atoms with E-state index in [1.165, 1.54) is 12.1 Å². The molecular weight excluding hydrogens is 245 g/mol. The van der Waals surface area contributed by atoms with E-state index >= 15 is 0 Å². The Hall–Kier alpha value is -1.07. The van der Waals surface area contributed by atoms with Crippen LogP contribution >= 0.6 is 0 Å². The van der Waals surface area contributed by atoms with E-state index in [1.807, 2.05) is 0 Å². The van der Waals surface area contributed by atoms with Crippen LogP contribution in [0.15, 0.2) is 24.3 Å². The van der Waals surface area contributed by atoms with E-state index in [9.17, 15) is 13.2 Å². The van der Waals surface area contributed by atoms with Gasteiger partial charge in [0.05, 0.1) is 12.2 Å². The van der Waals surface area contributed by atoms with Gasteiger partial charge in [0.25, 0.3) is 0 Å². The number of rotatable bonds is 7. The van der Waals surface area contributed by atoms with Crippen molar-refractivity contribution in [3.05, 3.63) is 35.4 Å². The molecule has 0 N–H and O–H groups in total. The second-order valence-corrected chi connectivity index (χ2v) is 3.95. The van der Waals surface area contributed by atoms with Crippen molar-refractivity contribution in [2.24, 2.45) is 0 Å². The Morgan fingerprint density at radius 3 is 2.17 bits per heavy atom. The molecule has 1 aromatic carbocycles.